The van der Waals surface area contributed by atoms with Crippen LogP contribution in [0.4, 0.5) is 0 Å². The standard InChI is InChI=1S/C10H15/c1-2-4-6-8-10-9-7-5-3-1/h1-2,7H,3-6,8,10H2/b2-1-,9-7?. The van der Waals surface area contributed by atoms with Gasteiger partial charge in [0.25, 0.3) is 0 Å². The van der Waals surface area contributed by atoms with Crippen molar-refractivity contribution in [3.8, 4) is 0 Å². The Hall–Kier alpha value is -0.520. The molecule has 1 rings (SSSR count). The minimum Gasteiger partial charge on any atom is -0.0885 e. The van der Waals surface area contributed by atoms with E-state index in [4.69, 9.17) is 0 Å². The van der Waals surface area contributed by atoms with E-state index in [-0.39, 0.29) is 0 Å². The summed E-state index contributed by atoms with van der Waals surface area (Å²) in [7, 11) is 0. The molecular weight excluding hydrogens is 120 g/mol. The second-order valence-electron chi connectivity index (χ2n) is 2.70. The van der Waals surface area contributed by atoms with Crippen LogP contribution in [0.2, 0.25) is 0 Å². The summed E-state index contributed by atoms with van der Waals surface area (Å²) in [6.45, 7) is 0. The fourth-order valence-electron chi connectivity index (χ4n) is 1.11. The molecule has 0 nitrogen and oxygen atoms in total. The Morgan fingerprint density at radius 1 is 0.900 bits per heavy atom. The van der Waals surface area contributed by atoms with Crippen LogP contribution in [-0.2, 0) is 0 Å². The molecule has 0 saturated carbocycles. The molecule has 1 aliphatic carbocycles. The van der Waals surface area contributed by atoms with E-state index in [0.717, 1.165) is 6.42 Å². The molecule has 0 atom stereocenters. The summed E-state index contributed by atoms with van der Waals surface area (Å²) in [6.07, 6.45) is 17.5. The molecule has 0 aromatic carbocycles. The minimum absolute atomic E-state index is 1.16. The Kier molecular flexibility index (Phi) is 4.00. The lowest BCUT2D eigenvalue weighted by Gasteiger charge is -1.95. The predicted molar refractivity (Wildman–Crippen MR) is 44.7 cm³/mol. The summed E-state index contributed by atoms with van der Waals surface area (Å²) in [4.78, 5) is 0. The van der Waals surface area contributed by atoms with Crippen molar-refractivity contribution in [1.29, 1.82) is 0 Å². The first-order chi connectivity index (χ1) is 5.00. The Morgan fingerprint density at radius 3 is 2.80 bits per heavy atom. The normalized spacial score (nSPS) is 27.2. The molecule has 0 unspecified atom stereocenters. The molecule has 0 N–H and O–H groups in total. The van der Waals surface area contributed by atoms with Gasteiger partial charge < -0.3 is 0 Å². The number of allylic oxidation sites excluding steroid dienone is 4. The van der Waals surface area contributed by atoms with Crippen molar-refractivity contribution in [1.82, 2.24) is 0 Å². The lowest BCUT2D eigenvalue weighted by molar-refractivity contribution is 0.746. The molecule has 10 heavy (non-hydrogen) atoms. The maximum absolute atomic E-state index is 3.30. The molecule has 0 spiro atoms. The van der Waals surface area contributed by atoms with Gasteiger partial charge in [-0.25, -0.2) is 0 Å². The van der Waals surface area contributed by atoms with E-state index in [1.54, 1.807) is 0 Å². The molecular formula is C10H15. The third-order valence-electron chi connectivity index (χ3n) is 1.73. The molecule has 0 amide bonds. The molecule has 55 valence electrons. The maximum atomic E-state index is 3.30. The molecule has 1 radical (unpaired) electrons. The molecule has 0 saturated heterocycles. The van der Waals surface area contributed by atoms with Gasteiger partial charge in [0.1, 0.15) is 0 Å². The Morgan fingerprint density at radius 2 is 1.80 bits per heavy atom. The van der Waals surface area contributed by atoms with Gasteiger partial charge in [-0.15, -0.1) is 0 Å². The quantitative estimate of drug-likeness (QED) is 0.447. The van der Waals surface area contributed by atoms with Gasteiger partial charge in [-0.05, 0) is 44.6 Å². The topological polar surface area (TPSA) is 0 Å². The van der Waals surface area contributed by atoms with Gasteiger partial charge in [-0.1, -0.05) is 18.2 Å². The van der Waals surface area contributed by atoms with Crippen LogP contribution in [0.1, 0.15) is 38.5 Å². The fraction of sp³-hybridized carbons (Fsp3) is 0.600. The van der Waals surface area contributed by atoms with E-state index in [1.807, 2.05) is 0 Å². The number of hydrogen-bond acceptors (Lipinski definition) is 0. The van der Waals surface area contributed by atoms with Gasteiger partial charge in [-0.3, -0.25) is 0 Å². The summed E-state index contributed by atoms with van der Waals surface area (Å²) in [6, 6.07) is 0. The van der Waals surface area contributed by atoms with Gasteiger partial charge in [-0.2, -0.15) is 0 Å². The maximum Gasteiger partial charge on any atom is -0.0279 e. The number of rotatable bonds is 0. The van der Waals surface area contributed by atoms with Gasteiger partial charge >= 0.3 is 0 Å². The third kappa shape index (κ3) is 3.49. The zero-order valence-corrected chi connectivity index (χ0v) is 6.47. The van der Waals surface area contributed by atoms with Crippen molar-refractivity contribution in [2.45, 2.75) is 38.5 Å². The van der Waals surface area contributed by atoms with Crippen molar-refractivity contribution in [3.05, 3.63) is 24.3 Å². The van der Waals surface area contributed by atoms with Crippen molar-refractivity contribution < 1.29 is 0 Å². The van der Waals surface area contributed by atoms with Crippen LogP contribution in [0.3, 0.4) is 0 Å². The Bertz CT molecular complexity index is 104. The van der Waals surface area contributed by atoms with Crippen molar-refractivity contribution in [3.63, 3.8) is 0 Å². The molecule has 0 heteroatoms. The van der Waals surface area contributed by atoms with Crippen molar-refractivity contribution >= 4 is 0 Å². The third-order valence-corrected chi connectivity index (χ3v) is 1.73. The highest BCUT2D eigenvalue weighted by Gasteiger charge is 1.86. The molecule has 0 bridgehead atoms. The average Bonchev–Trinajstić information content (AvgIpc) is 2.01. The molecule has 0 aliphatic heterocycles. The highest BCUT2D eigenvalue weighted by Crippen LogP contribution is 2.05. The van der Waals surface area contributed by atoms with Crippen LogP contribution in [-0.4, -0.2) is 0 Å². The van der Waals surface area contributed by atoms with Gasteiger partial charge in [0.15, 0.2) is 0 Å². The largest absolute Gasteiger partial charge is 0.0885 e. The fourth-order valence-corrected chi connectivity index (χ4v) is 1.11. The molecule has 0 aromatic heterocycles. The molecule has 1 aliphatic rings. The highest BCUT2D eigenvalue weighted by molar-refractivity contribution is 4.86. The lowest BCUT2D eigenvalue weighted by atomic mass is 10.1. The predicted octanol–water partition coefficient (Wildman–Crippen LogP) is 3.26. The van der Waals surface area contributed by atoms with E-state index < -0.39 is 0 Å². The first-order valence-corrected chi connectivity index (χ1v) is 4.20. The van der Waals surface area contributed by atoms with Crippen LogP contribution in [0.5, 0.6) is 0 Å². The summed E-state index contributed by atoms with van der Waals surface area (Å²) in [5.74, 6) is 0. The average molecular weight is 135 g/mol. The van der Waals surface area contributed by atoms with Crippen LogP contribution < -0.4 is 0 Å². The minimum atomic E-state index is 1.16. The molecule has 0 heterocycles. The first kappa shape index (κ1) is 7.59. The van der Waals surface area contributed by atoms with E-state index in [2.05, 4.69) is 24.3 Å². The molecule has 0 fully saturated rings. The SMILES string of the molecule is [C]1=C\CC/C=C\CCCC/1. The van der Waals surface area contributed by atoms with Gasteiger partial charge in [0, 0.05) is 0 Å². The second-order valence-corrected chi connectivity index (χ2v) is 2.70. The highest BCUT2D eigenvalue weighted by atomic mass is 13.9. The summed E-state index contributed by atoms with van der Waals surface area (Å²) < 4.78 is 0. The van der Waals surface area contributed by atoms with Crippen molar-refractivity contribution in [2.75, 3.05) is 0 Å². The summed E-state index contributed by atoms with van der Waals surface area (Å²) in [5, 5.41) is 0. The number of hydrogen-bond donors (Lipinski definition) is 0. The molecule has 0 aromatic rings. The zero-order valence-electron chi connectivity index (χ0n) is 6.47. The summed E-state index contributed by atoms with van der Waals surface area (Å²) >= 11 is 0. The van der Waals surface area contributed by atoms with E-state index in [9.17, 15) is 0 Å². The van der Waals surface area contributed by atoms with E-state index >= 15 is 0 Å². The zero-order chi connectivity index (χ0) is 7.07. The van der Waals surface area contributed by atoms with E-state index in [1.165, 1.54) is 32.1 Å². The van der Waals surface area contributed by atoms with Crippen molar-refractivity contribution in [2.24, 2.45) is 0 Å². The van der Waals surface area contributed by atoms with Crippen LogP contribution in [0.15, 0.2) is 18.2 Å². The first-order valence-electron chi connectivity index (χ1n) is 4.20. The lowest BCUT2D eigenvalue weighted by Crippen LogP contribution is -1.76. The van der Waals surface area contributed by atoms with Crippen LogP contribution >= 0.6 is 0 Å². The summed E-state index contributed by atoms with van der Waals surface area (Å²) in [5.41, 5.74) is 0. The Labute approximate surface area is 63.6 Å². The van der Waals surface area contributed by atoms with Crippen LogP contribution in [0, 0.1) is 6.08 Å². The smallest absolute Gasteiger partial charge is 0.0279 e. The van der Waals surface area contributed by atoms with Gasteiger partial charge in [0.2, 0.25) is 0 Å². The van der Waals surface area contributed by atoms with E-state index in [0.29, 0.717) is 0 Å². The Balaban J connectivity index is 2.23. The van der Waals surface area contributed by atoms with Crippen LogP contribution in [0.25, 0.3) is 0 Å². The second kappa shape index (κ2) is 5.28. The monoisotopic (exact) mass is 135 g/mol. The van der Waals surface area contributed by atoms with Gasteiger partial charge in [0.05, 0.1) is 0 Å².